The van der Waals surface area contributed by atoms with Gasteiger partial charge in [-0.05, 0) is 51.4 Å². The van der Waals surface area contributed by atoms with Gasteiger partial charge < -0.3 is 0 Å². The van der Waals surface area contributed by atoms with Gasteiger partial charge in [-0.3, -0.25) is 0 Å². The second-order valence-electron chi connectivity index (χ2n) is 31.7. The van der Waals surface area contributed by atoms with Crippen LogP contribution in [0.2, 0.25) is 0 Å². The Morgan fingerprint density at radius 1 is 0.0957 bits per heavy atom. The molecule has 12 radical (unpaired) electrons. The van der Waals surface area contributed by atoms with Crippen LogP contribution in [0, 0.1) is 21.7 Å². The summed E-state index contributed by atoms with van der Waals surface area (Å²) in [7, 11) is 0. The van der Waals surface area contributed by atoms with E-state index in [1.165, 1.54) is 449 Å². The van der Waals surface area contributed by atoms with E-state index in [0.717, 1.165) is 0 Å². The Morgan fingerprint density at radius 3 is 0.234 bits per heavy atom. The van der Waals surface area contributed by atoms with Gasteiger partial charge in [0.05, 0.1) is 0 Å². The van der Waals surface area contributed by atoms with Gasteiger partial charge in [0.1, 0.15) is 0 Å². The summed E-state index contributed by atoms with van der Waals surface area (Å²) in [4.78, 5) is 0. The zero-order chi connectivity index (χ0) is 62.8. The lowest BCUT2D eigenvalue weighted by Crippen LogP contribution is -2.13. The first kappa shape index (κ1) is 90.2. The third-order valence-electron chi connectivity index (χ3n) is 23.5. The molecule has 0 aromatic carbocycles. The molecule has 0 N–H and O–H groups in total. The van der Waals surface area contributed by atoms with Gasteiger partial charge in [-0.15, -0.1) is 0 Å². The van der Waals surface area contributed by atoms with Gasteiger partial charge in [0, 0.05) is 55.3 Å². The van der Waals surface area contributed by atoms with E-state index in [1.54, 1.807) is 0 Å². The SMILES string of the molecule is C1=CC2(C=C1)CCCCCCCCCCCCCCCC2.C1=CC2(C=C1)CCCCCCCCCCCCCCCCC2.C1=CC2(C=C1)CCCCCCCCCCCCCCCCCC2.C1=CC2(C=C1)CCCCCCCCCCCCCCCCCCC2.[B].[B].[B].[B]. The molecule has 0 bridgehead atoms. The fraction of sp³-hybridized carbons (Fsp3) is 0.822. The van der Waals surface area contributed by atoms with E-state index in [4.69, 9.17) is 0 Å². The predicted molar refractivity (Wildman–Crippen MR) is 429 cm³/mol. The average Bonchev–Trinajstić information content (AvgIpc) is 1.79. The summed E-state index contributed by atoms with van der Waals surface area (Å²) >= 11 is 0. The van der Waals surface area contributed by atoms with Gasteiger partial charge in [-0.25, -0.2) is 0 Å². The second-order valence-corrected chi connectivity index (χ2v) is 31.7. The first-order chi connectivity index (χ1) is 44.7. The minimum absolute atomic E-state index is 0. The number of hydrogen-bond acceptors (Lipinski definition) is 0. The Bertz CT molecular complexity index is 1750. The molecule has 4 saturated carbocycles. The summed E-state index contributed by atoms with van der Waals surface area (Å²) < 4.78 is 0. The van der Waals surface area contributed by atoms with Gasteiger partial charge in [0.25, 0.3) is 0 Å². The number of rotatable bonds is 0. The van der Waals surface area contributed by atoms with Crippen molar-refractivity contribution in [2.75, 3.05) is 0 Å². The van der Waals surface area contributed by atoms with Crippen LogP contribution in [0.4, 0.5) is 0 Å². The summed E-state index contributed by atoms with van der Waals surface area (Å²) in [6.07, 6.45) is 140. The summed E-state index contributed by atoms with van der Waals surface area (Å²) in [5.41, 5.74) is 1.74. The molecule has 0 unspecified atom stereocenters. The topological polar surface area (TPSA) is 0 Å². The third-order valence-corrected chi connectivity index (χ3v) is 23.5. The highest BCUT2D eigenvalue weighted by Gasteiger charge is 2.28. The minimum Gasteiger partial charge on any atom is -0.0745 e. The van der Waals surface area contributed by atoms with Gasteiger partial charge in [-0.2, -0.15) is 0 Å². The molecule has 0 aromatic rings. The molecule has 0 aromatic heterocycles. The molecular weight excluding hydrogens is 1120 g/mol. The standard InChI is InChI=1S/C24H42.C23H40.C22H38.C21H36.4B/c1-2-4-6-8-10-12-14-16-20-24(22-18-19-23-24)21-17-15-13-11-9-7-5-3-1;1-2-4-6-8-10-12-14-16-20-23(21-17-18-22-23)19-15-13-11-9-7-5-3-1;1-2-4-6-8-10-12-14-18-22(20-16-17-21-22)19-15-13-11-9-7-5-3-1;1-2-4-6-8-10-12-14-18-21(19-15-16-20-21)17-13-11-9-7-5-3-1;;;;/h18-19,22-23H,1-17,20-21H2;17-18,21-22H,1-16,19-20H2;16-17,20-21H,1-15,18-19H2;15-16,19-20H,1-14,17-18H2;;;;. The molecule has 528 valence electrons. The van der Waals surface area contributed by atoms with Crippen molar-refractivity contribution in [3.63, 3.8) is 0 Å². The highest BCUT2D eigenvalue weighted by Crippen LogP contribution is 2.42. The van der Waals surface area contributed by atoms with Crippen LogP contribution in [0.15, 0.2) is 97.2 Å². The van der Waals surface area contributed by atoms with Gasteiger partial charge in [0.15, 0.2) is 0 Å². The van der Waals surface area contributed by atoms with Crippen molar-refractivity contribution in [2.24, 2.45) is 21.7 Å². The maximum atomic E-state index is 2.50. The second kappa shape index (κ2) is 63.4. The van der Waals surface area contributed by atoms with Crippen molar-refractivity contribution in [1.29, 1.82) is 0 Å². The Labute approximate surface area is 598 Å². The van der Waals surface area contributed by atoms with Crippen LogP contribution in [0.1, 0.15) is 449 Å². The lowest BCUT2D eigenvalue weighted by atomic mass is 9.79. The molecule has 8 aliphatic rings. The third kappa shape index (κ3) is 46.5. The minimum atomic E-state index is 0. The first-order valence-corrected chi connectivity index (χ1v) is 42.1. The van der Waals surface area contributed by atoms with Gasteiger partial charge in [-0.1, -0.05) is 495 Å². The fourth-order valence-electron chi connectivity index (χ4n) is 17.2. The van der Waals surface area contributed by atoms with Crippen molar-refractivity contribution in [2.45, 2.75) is 449 Å². The summed E-state index contributed by atoms with van der Waals surface area (Å²) in [5, 5.41) is 0. The van der Waals surface area contributed by atoms with Crippen LogP contribution < -0.4 is 0 Å². The fourth-order valence-corrected chi connectivity index (χ4v) is 17.2. The maximum absolute atomic E-state index is 2.50. The lowest BCUT2D eigenvalue weighted by Gasteiger charge is -2.25. The Balaban J connectivity index is 0.000000619. The molecule has 8 aliphatic carbocycles. The largest absolute Gasteiger partial charge is 0.0745 e. The molecule has 0 nitrogen and oxygen atoms in total. The van der Waals surface area contributed by atoms with Crippen LogP contribution in [0.5, 0.6) is 0 Å². The molecular formula is C90H156B4. The molecule has 4 heteroatoms. The molecule has 0 amide bonds. The smallest absolute Gasteiger partial charge is 0.00671 e. The van der Waals surface area contributed by atoms with Crippen molar-refractivity contribution in [1.82, 2.24) is 0 Å². The van der Waals surface area contributed by atoms with Crippen molar-refractivity contribution >= 4 is 33.7 Å². The Morgan fingerprint density at radius 2 is 0.160 bits per heavy atom. The van der Waals surface area contributed by atoms with E-state index in [2.05, 4.69) is 97.2 Å². The Hall–Kier alpha value is -1.82. The molecule has 4 spiro atoms. The molecule has 0 atom stereocenters. The summed E-state index contributed by atoms with van der Waals surface area (Å²) in [6, 6.07) is 0. The van der Waals surface area contributed by atoms with Crippen LogP contribution in [0.25, 0.3) is 0 Å². The highest BCUT2D eigenvalue weighted by molar-refractivity contribution is 5.76. The lowest BCUT2D eigenvalue weighted by molar-refractivity contribution is 0.374. The maximum Gasteiger partial charge on any atom is 0.00671 e. The first-order valence-electron chi connectivity index (χ1n) is 42.1. The van der Waals surface area contributed by atoms with E-state index in [-0.39, 0.29) is 33.7 Å². The van der Waals surface area contributed by atoms with Crippen LogP contribution in [-0.4, -0.2) is 33.7 Å². The predicted octanol–water partition coefficient (Wildman–Crippen LogP) is 30.2. The van der Waals surface area contributed by atoms with Gasteiger partial charge in [0.2, 0.25) is 0 Å². The quantitative estimate of drug-likeness (QED) is 0.212. The molecule has 4 fully saturated rings. The van der Waals surface area contributed by atoms with Crippen LogP contribution >= 0.6 is 0 Å². The van der Waals surface area contributed by atoms with Crippen molar-refractivity contribution in [3.05, 3.63) is 97.2 Å². The van der Waals surface area contributed by atoms with E-state index in [0.29, 0.717) is 21.7 Å². The number of hydrogen-bond donors (Lipinski definition) is 0. The van der Waals surface area contributed by atoms with E-state index < -0.39 is 0 Å². The molecule has 0 aliphatic heterocycles. The average molecular weight is 1280 g/mol. The van der Waals surface area contributed by atoms with Crippen molar-refractivity contribution < 1.29 is 0 Å². The molecule has 0 saturated heterocycles. The zero-order valence-corrected chi connectivity index (χ0v) is 63.0. The Kier molecular flexibility index (Phi) is 60.8. The van der Waals surface area contributed by atoms with E-state index in [1.807, 2.05) is 0 Å². The zero-order valence-electron chi connectivity index (χ0n) is 63.0. The molecule has 0 heterocycles. The monoisotopic (exact) mass is 1280 g/mol. The molecule has 94 heavy (non-hydrogen) atoms. The summed E-state index contributed by atoms with van der Waals surface area (Å²) in [5.74, 6) is 0. The highest BCUT2D eigenvalue weighted by atomic mass is 14.3. The van der Waals surface area contributed by atoms with Crippen molar-refractivity contribution in [3.8, 4) is 0 Å². The summed E-state index contributed by atoms with van der Waals surface area (Å²) in [6.45, 7) is 0. The molecule has 8 rings (SSSR count). The van der Waals surface area contributed by atoms with Crippen LogP contribution in [0.3, 0.4) is 0 Å². The van der Waals surface area contributed by atoms with E-state index >= 15 is 0 Å². The van der Waals surface area contributed by atoms with E-state index in [9.17, 15) is 0 Å². The van der Waals surface area contributed by atoms with Crippen LogP contribution in [-0.2, 0) is 0 Å². The number of allylic oxidation sites excluding steroid dienone is 16. The van der Waals surface area contributed by atoms with Gasteiger partial charge >= 0.3 is 0 Å². The normalized spacial score (nSPS) is 24.7.